The Labute approximate surface area is 368 Å². The molecule has 1 amide bonds. The van der Waals surface area contributed by atoms with E-state index in [0.29, 0.717) is 22.7 Å². The second-order valence-electron chi connectivity index (χ2n) is 14.8. The molecule has 2 fully saturated rings. The summed E-state index contributed by atoms with van der Waals surface area (Å²) in [6, 6.07) is 39.1. The van der Waals surface area contributed by atoms with Gasteiger partial charge in [-0.15, -0.1) is 11.8 Å². The van der Waals surface area contributed by atoms with E-state index < -0.39 is 4.92 Å². The van der Waals surface area contributed by atoms with Gasteiger partial charge in [-0.1, -0.05) is 80.0 Å². The Bertz CT molecular complexity index is 2100. The molecule has 0 radical (unpaired) electrons. The third-order valence-electron chi connectivity index (χ3n) is 10.7. The van der Waals surface area contributed by atoms with Crippen LogP contribution < -0.4 is 14.9 Å². The average Bonchev–Trinajstić information content (AvgIpc) is 3.29. The van der Waals surface area contributed by atoms with Crippen molar-refractivity contribution in [2.45, 2.75) is 36.6 Å². The summed E-state index contributed by atoms with van der Waals surface area (Å²) in [4.78, 5) is 35.9. The number of carbonyl (C=O) groups excluding carboxylic acids is 1. The number of nitro groups is 1. The lowest BCUT2D eigenvalue weighted by Gasteiger charge is -2.36. The summed E-state index contributed by atoms with van der Waals surface area (Å²) in [5.74, 6) is 0.507. The lowest BCUT2D eigenvalue weighted by molar-refractivity contribution is -0.384. The number of halogens is 1. The van der Waals surface area contributed by atoms with Crippen molar-refractivity contribution in [1.29, 1.82) is 0 Å². The number of nitrogens with one attached hydrogen (secondary N) is 2. The van der Waals surface area contributed by atoms with Crippen molar-refractivity contribution in [3.05, 3.63) is 148 Å². The van der Waals surface area contributed by atoms with E-state index >= 15 is 0 Å². The number of likely N-dealkylation sites (N-methyl/N-ethyl adjacent to an activating group) is 1. The van der Waals surface area contributed by atoms with E-state index in [9.17, 15) is 14.9 Å². The number of rotatable bonds is 16. The maximum Gasteiger partial charge on any atom is 0.293 e. The zero-order valence-electron chi connectivity index (χ0n) is 34.6. The number of carbonyl (C=O) groups is 1. The van der Waals surface area contributed by atoms with Gasteiger partial charge in [0.15, 0.2) is 0 Å². The average molecular weight is 867 g/mol. The SMILES string of the molecule is CCCN1CCN(CC)CC1.O=C(NSc1ccc(NCCSc2ccccc2)c([N+](=O)[O-])c1)c1ccc(N2CCN(Cc3ccccc3-c3ccc(Cl)cc3)CC2)cc1. The van der Waals surface area contributed by atoms with E-state index in [-0.39, 0.29) is 11.6 Å². The Balaban J connectivity index is 0.000000477. The van der Waals surface area contributed by atoms with E-state index in [1.807, 2.05) is 66.7 Å². The first kappa shape index (κ1) is 45.0. The number of hydrogen-bond acceptors (Lipinski definition) is 10. The van der Waals surface area contributed by atoms with Gasteiger partial charge in [0.25, 0.3) is 11.6 Å². The molecule has 316 valence electrons. The predicted octanol–water partition coefficient (Wildman–Crippen LogP) is 9.91. The van der Waals surface area contributed by atoms with Crippen LogP contribution in [0.25, 0.3) is 11.1 Å². The third kappa shape index (κ3) is 13.5. The lowest BCUT2D eigenvalue weighted by atomic mass is 9.99. The van der Waals surface area contributed by atoms with E-state index in [4.69, 9.17) is 11.6 Å². The summed E-state index contributed by atoms with van der Waals surface area (Å²) in [6.45, 7) is 17.2. The molecule has 2 aliphatic rings. The molecule has 10 nitrogen and oxygen atoms in total. The highest BCUT2D eigenvalue weighted by Crippen LogP contribution is 2.31. The first-order valence-electron chi connectivity index (χ1n) is 20.8. The monoisotopic (exact) mass is 865 g/mol. The van der Waals surface area contributed by atoms with Crippen molar-refractivity contribution in [2.75, 3.05) is 88.0 Å². The molecule has 0 aliphatic carbocycles. The Morgan fingerprint density at radius 3 is 2.10 bits per heavy atom. The van der Waals surface area contributed by atoms with Gasteiger partial charge in [-0.25, -0.2) is 0 Å². The first-order valence-corrected chi connectivity index (χ1v) is 23.0. The van der Waals surface area contributed by atoms with Gasteiger partial charge in [-0.2, -0.15) is 0 Å². The molecule has 0 spiro atoms. The molecule has 0 aromatic heterocycles. The number of nitrogens with zero attached hydrogens (tertiary/aromatic N) is 5. The van der Waals surface area contributed by atoms with Crippen LogP contribution in [-0.4, -0.2) is 103 Å². The fourth-order valence-electron chi connectivity index (χ4n) is 7.35. The van der Waals surface area contributed by atoms with Crippen molar-refractivity contribution in [2.24, 2.45) is 0 Å². The largest absolute Gasteiger partial charge is 0.379 e. The van der Waals surface area contributed by atoms with Crippen molar-refractivity contribution in [3.63, 3.8) is 0 Å². The highest BCUT2D eigenvalue weighted by atomic mass is 35.5. The number of thioether (sulfide) groups is 1. The Morgan fingerprint density at radius 2 is 1.42 bits per heavy atom. The van der Waals surface area contributed by atoms with Crippen molar-refractivity contribution in [1.82, 2.24) is 19.4 Å². The second kappa shape index (κ2) is 23.4. The van der Waals surface area contributed by atoms with Gasteiger partial charge in [0.05, 0.1) is 4.92 Å². The van der Waals surface area contributed by atoms with E-state index in [1.54, 1.807) is 23.9 Å². The molecule has 2 N–H and O–H groups in total. The summed E-state index contributed by atoms with van der Waals surface area (Å²) in [5.41, 5.74) is 5.71. The van der Waals surface area contributed by atoms with Crippen LogP contribution in [0.2, 0.25) is 5.02 Å². The van der Waals surface area contributed by atoms with Gasteiger partial charge >= 0.3 is 0 Å². The lowest BCUT2D eigenvalue weighted by Crippen LogP contribution is -2.46. The summed E-state index contributed by atoms with van der Waals surface area (Å²) >= 11 is 8.86. The number of amides is 1. The number of nitro benzene ring substituents is 1. The minimum absolute atomic E-state index is 0.0285. The zero-order chi connectivity index (χ0) is 42.1. The van der Waals surface area contributed by atoms with Crippen LogP contribution in [0.15, 0.2) is 131 Å². The smallest absolute Gasteiger partial charge is 0.293 e. The minimum atomic E-state index is -0.405. The number of piperazine rings is 2. The molecule has 2 saturated heterocycles. The Kier molecular flexibility index (Phi) is 17.6. The molecule has 5 aromatic rings. The molecular formula is C47H56ClN7O3S2. The topological polar surface area (TPSA) is 97.2 Å². The van der Waals surface area contributed by atoms with Crippen LogP contribution in [0, 0.1) is 10.1 Å². The molecule has 13 heteroatoms. The van der Waals surface area contributed by atoms with Crippen LogP contribution in [0.3, 0.4) is 0 Å². The van der Waals surface area contributed by atoms with Gasteiger partial charge in [0.2, 0.25) is 0 Å². The van der Waals surface area contributed by atoms with Crippen molar-refractivity contribution >= 4 is 58.3 Å². The normalized spacial score (nSPS) is 14.9. The molecule has 5 aromatic carbocycles. The highest BCUT2D eigenvalue weighted by Gasteiger charge is 2.20. The van der Waals surface area contributed by atoms with Crippen LogP contribution in [0.1, 0.15) is 36.2 Å². The number of benzene rings is 5. The van der Waals surface area contributed by atoms with Gasteiger partial charge in [0.1, 0.15) is 5.69 Å². The fourth-order valence-corrected chi connectivity index (χ4v) is 8.90. The van der Waals surface area contributed by atoms with Crippen LogP contribution >= 0.6 is 35.3 Å². The molecule has 0 bridgehead atoms. The molecule has 60 heavy (non-hydrogen) atoms. The van der Waals surface area contributed by atoms with E-state index in [2.05, 4.69) is 79.9 Å². The zero-order valence-corrected chi connectivity index (χ0v) is 37.0. The first-order chi connectivity index (χ1) is 29.3. The molecule has 0 unspecified atom stereocenters. The van der Waals surface area contributed by atoms with Gasteiger partial charge in [-0.3, -0.25) is 24.5 Å². The summed E-state index contributed by atoms with van der Waals surface area (Å²) in [6.07, 6.45) is 1.30. The number of hydrogen-bond donors (Lipinski definition) is 2. The van der Waals surface area contributed by atoms with Gasteiger partial charge < -0.3 is 20.0 Å². The fraction of sp³-hybridized carbons (Fsp3) is 0.340. The maximum atomic E-state index is 12.9. The minimum Gasteiger partial charge on any atom is -0.379 e. The summed E-state index contributed by atoms with van der Waals surface area (Å²) in [5, 5.41) is 15.7. The molecule has 0 atom stereocenters. The van der Waals surface area contributed by atoms with Crippen LogP contribution in [0.5, 0.6) is 0 Å². The second-order valence-corrected chi connectivity index (χ2v) is 17.3. The molecule has 2 aliphatic heterocycles. The van der Waals surface area contributed by atoms with E-state index in [1.165, 1.54) is 62.9 Å². The third-order valence-corrected chi connectivity index (χ3v) is 12.8. The predicted molar refractivity (Wildman–Crippen MR) is 252 cm³/mol. The van der Waals surface area contributed by atoms with Crippen LogP contribution in [-0.2, 0) is 6.54 Å². The maximum absolute atomic E-state index is 12.9. The molecule has 2 heterocycles. The van der Waals surface area contributed by atoms with Gasteiger partial charge in [0, 0.05) is 103 Å². The summed E-state index contributed by atoms with van der Waals surface area (Å²) < 4.78 is 2.82. The van der Waals surface area contributed by atoms with Crippen LogP contribution in [0.4, 0.5) is 17.1 Å². The standard InChI is InChI=1S/C38H36ClN5O3S2.C9H20N2/c39-31-14-10-28(11-15-31)35-9-5-4-6-30(35)27-42-21-23-43(24-22-42)32-16-12-29(13-17-32)38(45)41-49-34-18-19-36(37(26-34)44(46)47)40-20-25-48-33-7-2-1-3-8-33;1-3-5-11-8-6-10(4-2)7-9-11/h1-19,26,40H,20-25,27H2,(H,41,45);3-9H2,1-2H3. The molecule has 7 rings (SSSR count). The van der Waals surface area contributed by atoms with Crippen molar-refractivity contribution in [3.8, 4) is 11.1 Å². The molecular weight excluding hydrogens is 810 g/mol. The summed E-state index contributed by atoms with van der Waals surface area (Å²) in [7, 11) is 0. The Morgan fingerprint density at radius 1 is 0.750 bits per heavy atom. The number of anilines is 2. The molecule has 0 saturated carbocycles. The Hall–Kier alpha value is -4.56. The van der Waals surface area contributed by atoms with Gasteiger partial charge in [-0.05, 0) is 109 Å². The van der Waals surface area contributed by atoms with Crippen molar-refractivity contribution < 1.29 is 9.72 Å². The quantitative estimate of drug-likeness (QED) is 0.0328. The van der Waals surface area contributed by atoms with E-state index in [0.717, 1.165) is 71.6 Å². The highest BCUT2D eigenvalue weighted by molar-refractivity contribution is 7.99.